The topological polar surface area (TPSA) is 54.4 Å². The highest BCUT2D eigenvalue weighted by Gasteiger charge is 2.09. The van der Waals surface area contributed by atoms with Crippen LogP contribution < -0.4 is 0 Å². The molecule has 0 bridgehead atoms. The summed E-state index contributed by atoms with van der Waals surface area (Å²) in [6.07, 6.45) is 0.153. The molecular weight excluding hydrogens is 180 g/mol. The fourth-order valence-electron chi connectivity index (χ4n) is 0.766. The summed E-state index contributed by atoms with van der Waals surface area (Å²) in [5, 5.41) is 9.11. The quantitative estimate of drug-likeness (QED) is 0.430. The number of halogens is 1. The zero-order valence-corrected chi connectivity index (χ0v) is 6.71. The molecule has 0 spiro atoms. The normalized spacial score (nSPS) is 9.42. The van der Waals surface area contributed by atoms with E-state index in [2.05, 4.69) is 0 Å². The van der Waals surface area contributed by atoms with Crippen LogP contribution in [0.2, 0.25) is 5.02 Å². The molecule has 1 rings (SSSR count). The number of carbonyl (C=O) groups excluding carboxylic acids is 2. The van der Waals surface area contributed by atoms with Crippen LogP contribution in [0.15, 0.2) is 18.2 Å². The van der Waals surface area contributed by atoms with E-state index in [9.17, 15) is 9.59 Å². The van der Waals surface area contributed by atoms with E-state index in [1.165, 1.54) is 12.1 Å². The van der Waals surface area contributed by atoms with E-state index in [0.717, 1.165) is 6.07 Å². The van der Waals surface area contributed by atoms with Crippen LogP contribution >= 0.6 is 11.6 Å². The van der Waals surface area contributed by atoms with Gasteiger partial charge >= 0.3 is 0 Å². The van der Waals surface area contributed by atoms with Crippen LogP contribution in [0.1, 0.15) is 10.4 Å². The van der Waals surface area contributed by atoms with Gasteiger partial charge in [0.2, 0.25) is 5.78 Å². The van der Waals surface area contributed by atoms with Gasteiger partial charge in [-0.25, -0.2) is 0 Å². The number of ketones is 1. The first-order valence-electron chi connectivity index (χ1n) is 3.13. The first kappa shape index (κ1) is 8.74. The third-order valence-electron chi connectivity index (χ3n) is 1.32. The van der Waals surface area contributed by atoms with Crippen molar-refractivity contribution in [1.82, 2.24) is 0 Å². The Labute approximate surface area is 73.6 Å². The van der Waals surface area contributed by atoms with Gasteiger partial charge in [-0.15, -0.1) is 0 Å². The highest BCUT2D eigenvalue weighted by atomic mass is 35.5. The highest BCUT2D eigenvalue weighted by Crippen LogP contribution is 2.20. The number of Topliss-reactive ketones (excluding diaryl/α,β-unsaturated/α-hetero) is 1. The maximum absolute atomic E-state index is 10.8. The number of phenolic OH excluding ortho intramolecular Hbond substituents is 1. The largest absolute Gasteiger partial charge is 0.508 e. The molecule has 3 nitrogen and oxygen atoms in total. The second-order valence-electron chi connectivity index (χ2n) is 2.15. The van der Waals surface area contributed by atoms with E-state index < -0.39 is 5.78 Å². The number of phenols is 1. The molecule has 0 atom stereocenters. The Bertz CT molecular complexity index is 333. The zero-order valence-electron chi connectivity index (χ0n) is 5.95. The Hall–Kier alpha value is -1.35. The minimum absolute atomic E-state index is 0.0201. The zero-order chi connectivity index (χ0) is 9.14. The SMILES string of the molecule is O=CC(=O)c1cc(O)ccc1Cl. The van der Waals surface area contributed by atoms with E-state index in [4.69, 9.17) is 16.7 Å². The van der Waals surface area contributed by atoms with Gasteiger partial charge in [0.25, 0.3) is 0 Å². The van der Waals surface area contributed by atoms with Crippen molar-refractivity contribution in [1.29, 1.82) is 0 Å². The molecular formula is C8H5ClO3. The summed E-state index contributed by atoms with van der Waals surface area (Å²) >= 11 is 5.58. The summed E-state index contributed by atoms with van der Waals surface area (Å²) in [4.78, 5) is 20.9. The minimum atomic E-state index is -0.740. The predicted molar refractivity (Wildman–Crippen MR) is 43.5 cm³/mol. The van der Waals surface area contributed by atoms with Gasteiger partial charge in [-0.2, -0.15) is 0 Å². The fourth-order valence-corrected chi connectivity index (χ4v) is 0.976. The maximum Gasteiger partial charge on any atom is 0.226 e. The predicted octanol–water partition coefficient (Wildman–Crippen LogP) is 1.43. The molecule has 62 valence electrons. The van der Waals surface area contributed by atoms with Gasteiger partial charge in [0.1, 0.15) is 5.75 Å². The number of aromatic hydroxyl groups is 1. The van der Waals surface area contributed by atoms with Crippen LogP contribution in [0.25, 0.3) is 0 Å². The standard InChI is InChI=1S/C8H5ClO3/c9-7-2-1-5(11)3-6(7)8(12)4-10/h1-4,11H. The molecule has 1 N–H and O–H groups in total. The van der Waals surface area contributed by atoms with E-state index >= 15 is 0 Å². The van der Waals surface area contributed by atoms with E-state index in [0.29, 0.717) is 0 Å². The molecule has 0 fully saturated rings. The number of carbonyl (C=O) groups is 2. The summed E-state index contributed by atoms with van der Waals surface area (Å²) in [5.74, 6) is -0.833. The van der Waals surface area contributed by atoms with E-state index in [1.54, 1.807) is 0 Å². The van der Waals surface area contributed by atoms with Gasteiger partial charge in [0.15, 0.2) is 6.29 Å². The van der Waals surface area contributed by atoms with Crippen LogP contribution in [0.4, 0.5) is 0 Å². The second kappa shape index (κ2) is 3.36. The molecule has 0 unspecified atom stereocenters. The molecule has 1 aromatic carbocycles. The molecule has 0 aliphatic rings. The Kier molecular flexibility index (Phi) is 2.45. The van der Waals surface area contributed by atoms with Crippen molar-refractivity contribution < 1.29 is 14.7 Å². The summed E-state index contributed by atoms with van der Waals surface area (Å²) in [6, 6.07) is 3.84. The number of aldehydes is 1. The molecule has 0 amide bonds. The minimum Gasteiger partial charge on any atom is -0.508 e. The highest BCUT2D eigenvalue weighted by molar-refractivity contribution is 6.41. The monoisotopic (exact) mass is 184 g/mol. The summed E-state index contributed by atoms with van der Waals surface area (Å²) in [7, 11) is 0. The third-order valence-corrected chi connectivity index (χ3v) is 1.65. The Morgan fingerprint density at radius 2 is 2.17 bits per heavy atom. The average molecular weight is 185 g/mol. The molecule has 0 saturated carbocycles. The van der Waals surface area contributed by atoms with Crippen LogP contribution in [0.5, 0.6) is 5.75 Å². The van der Waals surface area contributed by atoms with Crippen molar-refractivity contribution in [3.63, 3.8) is 0 Å². The lowest BCUT2D eigenvalue weighted by atomic mass is 10.1. The lowest BCUT2D eigenvalue weighted by molar-refractivity contribution is -0.104. The van der Waals surface area contributed by atoms with Gasteiger partial charge in [-0.3, -0.25) is 9.59 Å². The third kappa shape index (κ3) is 1.62. The molecule has 0 heterocycles. The van der Waals surface area contributed by atoms with Crippen molar-refractivity contribution in [3.05, 3.63) is 28.8 Å². The summed E-state index contributed by atoms with van der Waals surface area (Å²) in [5.41, 5.74) is 0.0201. The number of hydrogen-bond acceptors (Lipinski definition) is 3. The van der Waals surface area contributed by atoms with Crippen molar-refractivity contribution in [2.24, 2.45) is 0 Å². The average Bonchev–Trinajstić information content (AvgIpc) is 2.08. The Morgan fingerprint density at radius 1 is 1.50 bits per heavy atom. The first-order valence-corrected chi connectivity index (χ1v) is 3.51. The molecule has 1 aromatic rings. The number of hydrogen-bond donors (Lipinski definition) is 1. The second-order valence-corrected chi connectivity index (χ2v) is 2.55. The fraction of sp³-hybridized carbons (Fsp3) is 0. The van der Waals surface area contributed by atoms with Gasteiger partial charge < -0.3 is 5.11 Å². The van der Waals surface area contributed by atoms with E-state index in [1.807, 2.05) is 0 Å². The van der Waals surface area contributed by atoms with Gasteiger partial charge in [0.05, 0.1) is 5.02 Å². The lowest BCUT2D eigenvalue weighted by Crippen LogP contribution is -2.00. The first-order chi connectivity index (χ1) is 5.65. The van der Waals surface area contributed by atoms with Crippen molar-refractivity contribution in [3.8, 4) is 5.75 Å². The van der Waals surface area contributed by atoms with Crippen molar-refractivity contribution >= 4 is 23.7 Å². The molecule has 0 saturated heterocycles. The number of rotatable bonds is 2. The van der Waals surface area contributed by atoms with Gasteiger partial charge in [-0.05, 0) is 18.2 Å². The molecule has 0 radical (unpaired) electrons. The Balaban J connectivity index is 3.22. The van der Waals surface area contributed by atoms with Crippen molar-refractivity contribution in [2.75, 3.05) is 0 Å². The smallest absolute Gasteiger partial charge is 0.226 e. The van der Waals surface area contributed by atoms with Gasteiger partial charge in [-0.1, -0.05) is 11.6 Å². The molecule has 0 aliphatic heterocycles. The Morgan fingerprint density at radius 3 is 2.75 bits per heavy atom. The van der Waals surface area contributed by atoms with E-state index in [-0.39, 0.29) is 22.6 Å². The molecule has 4 heteroatoms. The summed E-state index contributed by atoms with van der Waals surface area (Å²) in [6.45, 7) is 0. The van der Waals surface area contributed by atoms with Crippen LogP contribution in [0, 0.1) is 0 Å². The molecule has 0 aromatic heterocycles. The van der Waals surface area contributed by atoms with Crippen molar-refractivity contribution in [2.45, 2.75) is 0 Å². The maximum atomic E-state index is 10.8. The lowest BCUT2D eigenvalue weighted by Gasteiger charge is -1.98. The van der Waals surface area contributed by atoms with Gasteiger partial charge in [0, 0.05) is 5.56 Å². The number of benzene rings is 1. The summed E-state index contributed by atoms with van der Waals surface area (Å²) < 4.78 is 0. The molecule has 12 heavy (non-hydrogen) atoms. The van der Waals surface area contributed by atoms with Crippen LogP contribution in [0.3, 0.4) is 0 Å². The van der Waals surface area contributed by atoms with Crippen LogP contribution in [-0.4, -0.2) is 17.2 Å². The van der Waals surface area contributed by atoms with Crippen LogP contribution in [-0.2, 0) is 4.79 Å². The molecule has 0 aliphatic carbocycles.